The quantitative estimate of drug-likeness (QED) is 0.191. The van der Waals surface area contributed by atoms with Crippen LogP contribution in [-0.4, -0.2) is 76.4 Å². The van der Waals surface area contributed by atoms with Crippen molar-refractivity contribution in [2.45, 2.75) is 380 Å². The van der Waals surface area contributed by atoms with Gasteiger partial charge in [-0.2, -0.15) is 0 Å². The summed E-state index contributed by atoms with van der Waals surface area (Å²) in [5, 5.41) is 34.5. The molecule has 34 atom stereocenters. The van der Waals surface area contributed by atoms with E-state index < -0.39 is 11.2 Å². The van der Waals surface area contributed by atoms with Crippen LogP contribution in [0.4, 0.5) is 0 Å². The maximum Gasteiger partial charge on any atom is 0.335 e. The number of ether oxygens (including phenoxy) is 4. The van der Waals surface area contributed by atoms with Gasteiger partial charge in [-0.15, -0.1) is 0 Å². The molecule has 0 radical (unpaired) electrons. The number of carbonyl (C=O) groups is 1. The van der Waals surface area contributed by atoms with E-state index in [-0.39, 0.29) is 57.2 Å². The first-order valence-electron chi connectivity index (χ1n) is 48.1. The molecule has 21 rings (SSSR count). The Balaban J connectivity index is 0.000000105. The molecule has 2 aromatic heterocycles. The van der Waals surface area contributed by atoms with Crippen molar-refractivity contribution in [2.24, 2.45) is 150 Å². The molecule has 113 heavy (non-hydrogen) atoms. The topological polar surface area (TPSA) is 175 Å². The molecule has 1 spiro atoms. The Morgan fingerprint density at radius 1 is 0.460 bits per heavy atom. The summed E-state index contributed by atoms with van der Waals surface area (Å²) < 4.78 is 35.3. The third kappa shape index (κ3) is 12.8. The highest BCUT2D eigenvalue weighted by atomic mass is 16.7. The lowest BCUT2D eigenvalue weighted by Gasteiger charge is -2.63. The molecule has 12 heteroatoms. The van der Waals surface area contributed by atoms with Crippen molar-refractivity contribution in [1.82, 2.24) is 0 Å². The summed E-state index contributed by atoms with van der Waals surface area (Å²) in [5.74, 6) is 14.1. The zero-order chi connectivity index (χ0) is 78.8. The van der Waals surface area contributed by atoms with Gasteiger partial charge in [0.05, 0.1) is 55.3 Å². The summed E-state index contributed by atoms with van der Waals surface area (Å²) >= 11 is 0. The minimum absolute atomic E-state index is 0.0354. The van der Waals surface area contributed by atoms with Crippen LogP contribution in [0.5, 0.6) is 0 Å². The highest BCUT2D eigenvalue weighted by Crippen LogP contribution is 2.76. The largest absolute Gasteiger partial charge is 0.465 e. The summed E-state index contributed by atoms with van der Waals surface area (Å²) in [6.07, 6.45) is 56.1. The molecule has 0 aromatic carbocycles. The van der Waals surface area contributed by atoms with Crippen LogP contribution in [0, 0.1) is 150 Å². The fourth-order valence-corrected chi connectivity index (χ4v) is 35.9. The second-order valence-electron chi connectivity index (χ2n) is 45.6. The maximum absolute atomic E-state index is 12.3. The van der Waals surface area contributed by atoms with Crippen molar-refractivity contribution in [3.63, 3.8) is 0 Å². The van der Waals surface area contributed by atoms with Crippen LogP contribution >= 0.6 is 0 Å². The van der Waals surface area contributed by atoms with Crippen LogP contribution in [0.25, 0.3) is 0 Å². The van der Waals surface area contributed by atoms with Gasteiger partial charge in [-0.3, -0.25) is 4.79 Å². The number of hydrogen-bond donors (Lipinski definition) is 3. The number of cyclic esters (lactones) is 1. The molecule has 3 aliphatic heterocycles. The molecular formula is C101H152O12. The molecule has 18 fully saturated rings. The van der Waals surface area contributed by atoms with Crippen LogP contribution < -0.4 is 11.3 Å². The predicted molar refractivity (Wildman–Crippen MR) is 443 cm³/mol. The molecule has 0 amide bonds. The molecule has 19 aliphatic rings. The van der Waals surface area contributed by atoms with E-state index in [1.807, 2.05) is 12.1 Å². The van der Waals surface area contributed by atoms with Crippen molar-refractivity contribution >= 4 is 5.97 Å². The molecule has 3 N–H and O–H groups in total. The third-order valence-electron chi connectivity index (χ3n) is 42.0. The molecule has 2 aromatic rings. The van der Waals surface area contributed by atoms with Crippen LogP contribution in [0.15, 0.2) is 66.9 Å². The zero-order valence-corrected chi connectivity index (χ0v) is 72.2. The van der Waals surface area contributed by atoms with Gasteiger partial charge in [0.2, 0.25) is 0 Å². The number of hydrogen-bond acceptors (Lipinski definition) is 12. The summed E-state index contributed by atoms with van der Waals surface area (Å²) in [7, 11) is 0. The van der Waals surface area contributed by atoms with Crippen LogP contribution in [-0.2, 0) is 23.7 Å². The van der Waals surface area contributed by atoms with Crippen molar-refractivity contribution in [1.29, 1.82) is 0 Å². The van der Waals surface area contributed by atoms with Gasteiger partial charge < -0.3 is 43.1 Å². The highest BCUT2D eigenvalue weighted by molar-refractivity contribution is 5.70. The summed E-state index contributed by atoms with van der Waals surface area (Å²) in [6.45, 7) is 29.5. The predicted octanol–water partition coefficient (Wildman–Crippen LogP) is 22.3. The number of allylic oxidation sites excluding steroid dienone is 1. The molecule has 5 unspecified atom stereocenters. The maximum atomic E-state index is 12.3. The van der Waals surface area contributed by atoms with E-state index in [0.29, 0.717) is 93.7 Å². The van der Waals surface area contributed by atoms with Crippen molar-refractivity contribution in [2.75, 3.05) is 19.8 Å². The van der Waals surface area contributed by atoms with Gasteiger partial charge in [-0.05, 0) is 393 Å². The van der Waals surface area contributed by atoms with Gasteiger partial charge >= 0.3 is 17.2 Å². The van der Waals surface area contributed by atoms with E-state index in [0.717, 1.165) is 179 Å². The first-order chi connectivity index (χ1) is 54.0. The number of carbonyl (C=O) groups excluding carboxylic acids is 1. The van der Waals surface area contributed by atoms with Gasteiger partial charge in [0.25, 0.3) is 0 Å². The van der Waals surface area contributed by atoms with Crippen LogP contribution in [0.2, 0.25) is 0 Å². The molecule has 0 bridgehead atoms. The molecule has 628 valence electrons. The minimum Gasteiger partial charge on any atom is -0.465 e. The fraction of sp³-hybridized carbons (Fsp3) is 0.871. The molecule has 12 nitrogen and oxygen atoms in total. The van der Waals surface area contributed by atoms with E-state index in [2.05, 4.69) is 82.2 Å². The lowest BCUT2D eigenvalue weighted by atomic mass is 9.43. The zero-order valence-electron chi connectivity index (χ0n) is 72.2. The Hall–Kier alpha value is -3.13. The smallest absolute Gasteiger partial charge is 0.335 e. The number of rotatable bonds is 5. The summed E-state index contributed by atoms with van der Waals surface area (Å²) in [4.78, 5) is 34.4. The number of fused-ring (bicyclic) bond motifs is 22. The minimum atomic E-state index is -0.665. The lowest BCUT2D eigenvalue weighted by molar-refractivity contribution is -0.273. The van der Waals surface area contributed by atoms with E-state index >= 15 is 0 Å². The van der Waals surface area contributed by atoms with Gasteiger partial charge in [0, 0.05) is 48.3 Å². The summed E-state index contributed by atoms with van der Waals surface area (Å²) in [5.41, 5.74) is 4.14. The number of aliphatic hydroxyl groups excluding tert-OH is 1. The fourth-order valence-electron chi connectivity index (χ4n) is 35.9. The van der Waals surface area contributed by atoms with Gasteiger partial charge in [-0.1, -0.05) is 107 Å². The van der Waals surface area contributed by atoms with Crippen molar-refractivity contribution in [3.8, 4) is 0 Å². The molecule has 5 heterocycles. The van der Waals surface area contributed by atoms with Gasteiger partial charge in [-0.25, -0.2) is 9.59 Å². The lowest BCUT2D eigenvalue weighted by Crippen LogP contribution is -2.62. The third-order valence-corrected chi connectivity index (χ3v) is 42.0. The highest BCUT2D eigenvalue weighted by Gasteiger charge is 2.72. The molecule has 3 saturated heterocycles. The van der Waals surface area contributed by atoms with E-state index in [9.17, 15) is 29.7 Å². The second kappa shape index (κ2) is 29.9. The van der Waals surface area contributed by atoms with E-state index in [4.69, 9.17) is 27.8 Å². The Morgan fingerprint density at radius 2 is 1.02 bits per heavy atom. The Labute approximate surface area is 680 Å². The molecule has 16 aliphatic carbocycles. The molecule has 15 saturated carbocycles. The Bertz CT molecular complexity index is 3870. The van der Waals surface area contributed by atoms with Crippen LogP contribution in [0.1, 0.15) is 356 Å². The van der Waals surface area contributed by atoms with Crippen molar-refractivity contribution < 1.29 is 47.9 Å². The van der Waals surface area contributed by atoms with Crippen molar-refractivity contribution in [3.05, 3.63) is 80.4 Å². The average molecular weight is 1560 g/mol. The number of aliphatic hydroxyl groups is 3. The monoisotopic (exact) mass is 1560 g/mol. The Morgan fingerprint density at radius 3 is 1.61 bits per heavy atom. The standard InChI is InChI=1S/C27H44O2.C26H38O4.C24H32O4.C24H38O2/c1-17-10-14-27(28-16-17)18(2)24-23(29-27)15-22-20-9-8-19-7-5-6-12-25(19,3)21(20)11-13-26(22,24)4;1-4-29-19-9-12-24(2)18(15-19)6-7-22-21(24)10-13-25(3)20(11-14-26(22,25)28)17-5-8-23(27)30-16-17;1-22-10-7-17(25)13-16(22)4-5-20-19(22)8-11-23(2)18(9-12-24(20,23)27)15-3-6-21(26)28-14-15;1-23-13-4-3-5-17(23)7-8-18-20-10-9-19(16-6-11-22(25)26-15-16)24(20,2)14-12-21(18)23/h17-24H,5-16H2,1-4H3;5,8,16,18-22,28H,4,6-7,9-15H2,1-3H3;3,6,13-14,17-20,25,27H,4-5,7-12H2,1-2H3;16-21H,3-15H2,1-2H3/t17?,18-,19-,20+,21-,22-,23-,24+,25-,26-,27+;18-,19+,20+,21?,22?,24+,25-,26+;17-,18+,19?,20?,22-,23+,24-;16-,17-,18-,19-,20+,21-,23-,24+/m0100/s1. The first-order valence-corrected chi connectivity index (χ1v) is 48.1. The second-order valence-corrected chi connectivity index (χ2v) is 45.6. The normalized spacial score (nSPS) is 52.8. The average Bonchev–Trinajstić information content (AvgIpc) is 1.52. The summed E-state index contributed by atoms with van der Waals surface area (Å²) in [6, 6.07) is 6.86. The van der Waals surface area contributed by atoms with Gasteiger partial charge in [0.1, 0.15) is 0 Å². The van der Waals surface area contributed by atoms with Crippen LogP contribution in [0.3, 0.4) is 0 Å². The van der Waals surface area contributed by atoms with Gasteiger partial charge in [0.15, 0.2) is 5.79 Å². The van der Waals surface area contributed by atoms with E-state index in [1.54, 1.807) is 12.5 Å². The Kier molecular flexibility index (Phi) is 21.4. The first kappa shape index (κ1) is 80.9. The SMILES string of the molecule is CC1CC[C@@]2(OC1)O[C@H]1C[C@H]3[C@@H]4CC[C@@H]5CCCC[C@]5(C)[C@H]4CC[C@]3(C)[C@@H]1[C@@H]2C.CCO[C@H]1CC[C@]2(C)C3CC[C@]4(C)[C@H](c5ccc(=O)oc5)CC[C@]4(O)C3CC[C@@H]2C1.C[C@]12CCCC[C@H]1CC[C@H]1[C@H]3CC[C@@H]([C@H]4CCC(=O)OC4)[C@@]3(C)CC[C@@H]12.C[C@]12CC[C@H](O)C=C1CCC1C2CC[C@]2(C)[C@@H](c3ccc(=O)oc3)CC[C@]12O. The number of esters is 1. The van der Waals surface area contributed by atoms with E-state index in [1.165, 1.54) is 178 Å². The molecular weight excluding hydrogens is 1410 g/mol.